The highest BCUT2D eigenvalue weighted by Gasteiger charge is 2.07. The number of thiophene rings is 1. The molecule has 0 fully saturated rings. The van der Waals surface area contributed by atoms with Gasteiger partial charge in [0.05, 0.1) is 0 Å². The smallest absolute Gasteiger partial charge is 0.222 e. The van der Waals surface area contributed by atoms with Gasteiger partial charge in [0, 0.05) is 24.9 Å². The molecule has 17 heavy (non-hydrogen) atoms. The lowest BCUT2D eigenvalue weighted by Gasteiger charge is -2.16. The van der Waals surface area contributed by atoms with Crippen molar-refractivity contribution in [2.24, 2.45) is 0 Å². The molecular weight excluding hydrogens is 256 g/mol. The molecule has 3 nitrogen and oxygen atoms in total. The molecule has 0 unspecified atom stereocenters. The minimum Gasteiger partial charge on any atom is -0.345 e. The van der Waals surface area contributed by atoms with Crippen LogP contribution >= 0.6 is 23.7 Å². The molecule has 0 aliphatic rings. The maximum atomic E-state index is 11.7. The van der Waals surface area contributed by atoms with Crippen LogP contribution in [0.1, 0.15) is 17.7 Å². The molecule has 0 spiro atoms. The number of rotatable bonds is 7. The molecule has 1 aromatic rings. The number of hydrogen-bond donors (Lipinski definition) is 1. The second-order valence-electron chi connectivity index (χ2n) is 3.85. The zero-order valence-corrected chi connectivity index (χ0v) is 12.1. The van der Waals surface area contributed by atoms with Crippen molar-refractivity contribution >= 4 is 29.7 Å². The Balaban J connectivity index is 0.00000256. The number of nitrogens with one attached hydrogen (secondary N) is 1. The summed E-state index contributed by atoms with van der Waals surface area (Å²) < 4.78 is 0. The van der Waals surface area contributed by atoms with Gasteiger partial charge in [0.25, 0.3) is 0 Å². The lowest BCUT2D eigenvalue weighted by atomic mass is 10.2. The Labute approximate surface area is 114 Å². The van der Waals surface area contributed by atoms with Crippen LogP contribution in [0.5, 0.6) is 0 Å². The van der Waals surface area contributed by atoms with E-state index in [1.54, 1.807) is 11.3 Å². The maximum absolute atomic E-state index is 11.7. The fourth-order valence-corrected chi connectivity index (χ4v) is 2.16. The molecule has 1 amide bonds. The Kier molecular flexibility index (Phi) is 9.13. The van der Waals surface area contributed by atoms with Gasteiger partial charge >= 0.3 is 0 Å². The molecule has 1 N–H and O–H groups in total. The van der Waals surface area contributed by atoms with Crippen molar-refractivity contribution in [3.63, 3.8) is 0 Å². The van der Waals surface area contributed by atoms with E-state index in [1.165, 1.54) is 4.88 Å². The fraction of sp³-hybridized carbons (Fsp3) is 0.583. The summed E-state index contributed by atoms with van der Waals surface area (Å²) in [5.74, 6) is 0.242. The van der Waals surface area contributed by atoms with Gasteiger partial charge in [-0.3, -0.25) is 4.79 Å². The lowest BCUT2D eigenvalue weighted by molar-refractivity contribution is -0.129. The summed E-state index contributed by atoms with van der Waals surface area (Å²) in [6.45, 7) is 1.73. The van der Waals surface area contributed by atoms with Crippen molar-refractivity contribution in [2.75, 3.05) is 27.2 Å². The first-order chi connectivity index (χ1) is 7.74. The molecule has 0 atom stereocenters. The standard InChI is InChI=1S/C12H20N2OS.ClH/c1-13-8-3-6-12(15)14(2)9-7-11-5-4-10-16-11;/h4-5,10,13H,3,6-9H2,1-2H3;1H. The molecule has 1 aromatic heterocycles. The third-order valence-corrected chi connectivity index (χ3v) is 3.45. The van der Waals surface area contributed by atoms with E-state index in [4.69, 9.17) is 0 Å². The van der Waals surface area contributed by atoms with E-state index in [0.29, 0.717) is 6.42 Å². The molecule has 1 rings (SSSR count). The number of carbonyl (C=O) groups is 1. The van der Waals surface area contributed by atoms with Crippen LogP contribution in [0.4, 0.5) is 0 Å². The van der Waals surface area contributed by atoms with E-state index in [9.17, 15) is 4.79 Å². The summed E-state index contributed by atoms with van der Waals surface area (Å²) in [7, 11) is 3.79. The first kappa shape index (κ1) is 16.4. The van der Waals surface area contributed by atoms with Gasteiger partial charge in [-0.15, -0.1) is 23.7 Å². The summed E-state index contributed by atoms with van der Waals surface area (Å²) in [4.78, 5) is 14.9. The second-order valence-corrected chi connectivity index (χ2v) is 4.88. The number of halogens is 1. The van der Waals surface area contributed by atoms with Crippen LogP contribution in [0.25, 0.3) is 0 Å². The normalized spacial score (nSPS) is 9.76. The average molecular weight is 277 g/mol. The van der Waals surface area contributed by atoms with Crippen molar-refractivity contribution in [3.8, 4) is 0 Å². The molecule has 98 valence electrons. The Morgan fingerprint density at radius 1 is 1.53 bits per heavy atom. The minimum absolute atomic E-state index is 0. The zero-order chi connectivity index (χ0) is 11.8. The quantitative estimate of drug-likeness (QED) is 0.774. The summed E-state index contributed by atoms with van der Waals surface area (Å²) >= 11 is 1.75. The summed E-state index contributed by atoms with van der Waals surface area (Å²) in [6, 6.07) is 4.17. The minimum atomic E-state index is 0. The van der Waals surface area contributed by atoms with E-state index in [-0.39, 0.29) is 18.3 Å². The number of nitrogens with zero attached hydrogens (tertiary/aromatic N) is 1. The molecule has 0 aromatic carbocycles. The predicted molar refractivity (Wildman–Crippen MR) is 76.1 cm³/mol. The van der Waals surface area contributed by atoms with Crippen LogP contribution in [0.3, 0.4) is 0 Å². The maximum Gasteiger partial charge on any atom is 0.222 e. The third kappa shape index (κ3) is 6.66. The van der Waals surface area contributed by atoms with Crippen molar-refractivity contribution in [2.45, 2.75) is 19.3 Å². The topological polar surface area (TPSA) is 32.3 Å². The van der Waals surface area contributed by atoms with Crippen LogP contribution in [0.2, 0.25) is 0 Å². The van der Waals surface area contributed by atoms with Gasteiger partial charge in [0.2, 0.25) is 5.91 Å². The molecule has 0 radical (unpaired) electrons. The van der Waals surface area contributed by atoms with Crippen molar-refractivity contribution in [1.29, 1.82) is 0 Å². The highest BCUT2D eigenvalue weighted by atomic mass is 35.5. The third-order valence-electron chi connectivity index (χ3n) is 2.52. The first-order valence-electron chi connectivity index (χ1n) is 5.65. The number of likely N-dealkylation sites (N-methyl/N-ethyl adjacent to an activating group) is 1. The van der Waals surface area contributed by atoms with Crippen molar-refractivity contribution < 1.29 is 4.79 Å². The van der Waals surface area contributed by atoms with Gasteiger partial charge in [0.15, 0.2) is 0 Å². The van der Waals surface area contributed by atoms with Crippen LogP contribution in [0, 0.1) is 0 Å². The van der Waals surface area contributed by atoms with Gasteiger partial charge < -0.3 is 10.2 Å². The van der Waals surface area contributed by atoms with E-state index in [1.807, 2.05) is 19.0 Å². The number of carbonyl (C=O) groups excluding carboxylic acids is 1. The SMILES string of the molecule is CNCCCC(=O)N(C)CCc1cccs1.Cl. The lowest BCUT2D eigenvalue weighted by Crippen LogP contribution is -2.29. The summed E-state index contributed by atoms with van der Waals surface area (Å²) in [5, 5.41) is 5.12. The molecule has 0 aliphatic carbocycles. The van der Waals surface area contributed by atoms with Gasteiger partial charge in [-0.25, -0.2) is 0 Å². The van der Waals surface area contributed by atoms with Crippen LogP contribution in [-0.4, -0.2) is 38.0 Å². The molecular formula is C12H21ClN2OS. The molecule has 0 bridgehead atoms. The van der Waals surface area contributed by atoms with E-state index >= 15 is 0 Å². The van der Waals surface area contributed by atoms with Crippen LogP contribution in [0.15, 0.2) is 17.5 Å². The Bertz CT molecular complexity index is 303. The summed E-state index contributed by atoms with van der Waals surface area (Å²) in [5.41, 5.74) is 0. The highest BCUT2D eigenvalue weighted by Crippen LogP contribution is 2.09. The Morgan fingerprint density at radius 2 is 2.29 bits per heavy atom. The largest absolute Gasteiger partial charge is 0.345 e. The van der Waals surface area contributed by atoms with E-state index < -0.39 is 0 Å². The summed E-state index contributed by atoms with van der Waals surface area (Å²) in [6.07, 6.45) is 2.52. The van der Waals surface area contributed by atoms with Gasteiger partial charge in [-0.05, 0) is 37.9 Å². The van der Waals surface area contributed by atoms with Crippen molar-refractivity contribution in [3.05, 3.63) is 22.4 Å². The predicted octanol–water partition coefficient (Wildman–Crippen LogP) is 2.17. The number of amides is 1. The molecule has 0 saturated heterocycles. The first-order valence-corrected chi connectivity index (χ1v) is 6.53. The van der Waals surface area contributed by atoms with E-state index in [0.717, 1.165) is 25.9 Å². The van der Waals surface area contributed by atoms with Gasteiger partial charge in [-0.1, -0.05) is 6.07 Å². The van der Waals surface area contributed by atoms with Gasteiger partial charge in [-0.2, -0.15) is 0 Å². The molecule has 5 heteroatoms. The fourth-order valence-electron chi connectivity index (χ4n) is 1.46. The second kappa shape index (κ2) is 9.45. The van der Waals surface area contributed by atoms with E-state index in [2.05, 4.69) is 22.8 Å². The van der Waals surface area contributed by atoms with Crippen LogP contribution < -0.4 is 5.32 Å². The Morgan fingerprint density at radius 3 is 2.88 bits per heavy atom. The highest BCUT2D eigenvalue weighted by molar-refractivity contribution is 7.09. The molecule has 0 aliphatic heterocycles. The zero-order valence-electron chi connectivity index (χ0n) is 10.4. The monoisotopic (exact) mass is 276 g/mol. The number of hydrogen-bond acceptors (Lipinski definition) is 3. The molecule has 0 saturated carbocycles. The van der Waals surface area contributed by atoms with Crippen LogP contribution in [-0.2, 0) is 11.2 Å². The average Bonchev–Trinajstić information content (AvgIpc) is 2.79. The van der Waals surface area contributed by atoms with Crippen molar-refractivity contribution in [1.82, 2.24) is 10.2 Å². The van der Waals surface area contributed by atoms with Gasteiger partial charge in [0.1, 0.15) is 0 Å². The molecule has 1 heterocycles. The Hall–Kier alpha value is -0.580.